The van der Waals surface area contributed by atoms with E-state index in [2.05, 4.69) is 79.1 Å². The number of carbonyl (C=O) groups excluding carboxylic acids is 1. The molecule has 6 nitrogen and oxygen atoms in total. The Morgan fingerprint density at radius 3 is 2.00 bits per heavy atom. The Morgan fingerprint density at radius 2 is 1.45 bits per heavy atom. The lowest BCUT2D eigenvalue weighted by Gasteiger charge is -2.37. The third-order valence-electron chi connectivity index (χ3n) is 6.61. The second kappa shape index (κ2) is 14.7. The lowest BCUT2D eigenvalue weighted by atomic mass is 10.1. The van der Waals surface area contributed by atoms with Gasteiger partial charge in [-0.05, 0) is 68.5 Å². The summed E-state index contributed by atoms with van der Waals surface area (Å²) in [4.78, 5) is 19.4. The fourth-order valence-electron chi connectivity index (χ4n) is 4.58. The molecule has 0 spiro atoms. The first kappa shape index (κ1) is 30.9. The summed E-state index contributed by atoms with van der Waals surface area (Å²) in [5, 5.41) is 9.56. The van der Waals surface area contributed by atoms with E-state index < -0.39 is 5.97 Å². The average Bonchev–Trinajstić information content (AvgIpc) is 2.94. The van der Waals surface area contributed by atoms with E-state index in [0.29, 0.717) is 17.5 Å². The quantitative estimate of drug-likeness (QED) is 0.133. The molecule has 8 heteroatoms. The van der Waals surface area contributed by atoms with Crippen molar-refractivity contribution in [1.82, 2.24) is 4.90 Å². The molecule has 0 saturated carbocycles. The minimum atomic E-state index is -0.617. The topological polar surface area (TPSA) is 79.0 Å². The Morgan fingerprint density at radius 1 is 0.900 bits per heavy atom. The van der Waals surface area contributed by atoms with E-state index in [1.54, 1.807) is 24.3 Å². The Kier molecular flexibility index (Phi) is 11.3. The largest absolute Gasteiger partial charge is 0.507 e. The van der Waals surface area contributed by atoms with E-state index in [1.165, 1.54) is 39.4 Å². The van der Waals surface area contributed by atoms with Crippen LogP contribution in [-0.2, 0) is 0 Å². The van der Waals surface area contributed by atoms with Crippen LogP contribution in [-0.4, -0.2) is 41.7 Å². The maximum Gasteiger partial charge on any atom is 0.347 e. The van der Waals surface area contributed by atoms with E-state index in [-0.39, 0.29) is 23.7 Å². The van der Waals surface area contributed by atoms with Crippen LogP contribution >= 0.6 is 24.2 Å². The summed E-state index contributed by atoms with van der Waals surface area (Å²) in [5.74, 6) is -0.381. The molecule has 210 valence electrons. The maximum absolute atomic E-state index is 11.7. The molecule has 1 unspecified atom stereocenters. The molecule has 0 aliphatic carbocycles. The summed E-state index contributed by atoms with van der Waals surface area (Å²) in [6.45, 7) is 10.0. The van der Waals surface area contributed by atoms with Crippen LogP contribution in [0.25, 0.3) is 0 Å². The van der Waals surface area contributed by atoms with Crippen LogP contribution in [0.5, 0.6) is 11.5 Å². The highest BCUT2D eigenvalue weighted by Gasteiger charge is 2.25. The van der Waals surface area contributed by atoms with Crippen LogP contribution < -0.4 is 15.4 Å². The number of likely N-dealkylation sites (N-methyl/N-ethyl adjacent to an activating group) is 1. The molecule has 0 fully saturated rings. The number of nitrogens with two attached hydrogens (primary N) is 1. The van der Waals surface area contributed by atoms with Gasteiger partial charge in [0.25, 0.3) is 0 Å². The molecular weight excluding hydrogens is 542 g/mol. The molecule has 5 rings (SSSR count). The van der Waals surface area contributed by atoms with E-state index >= 15 is 0 Å². The number of ether oxygens (including phenoxy) is 1. The van der Waals surface area contributed by atoms with Gasteiger partial charge in [-0.3, -0.25) is 4.90 Å². The highest BCUT2D eigenvalue weighted by atomic mass is 35.5. The third-order valence-corrected chi connectivity index (χ3v) is 7.74. The van der Waals surface area contributed by atoms with Gasteiger partial charge in [0.15, 0.2) is 0 Å². The highest BCUT2D eigenvalue weighted by Crippen LogP contribution is 2.47. The number of phenols is 1. The van der Waals surface area contributed by atoms with Crippen molar-refractivity contribution in [2.24, 2.45) is 0 Å². The second-order valence-corrected chi connectivity index (χ2v) is 10.3. The molecule has 4 aromatic rings. The monoisotopic (exact) mass is 577 g/mol. The van der Waals surface area contributed by atoms with Gasteiger partial charge in [0.05, 0.1) is 11.4 Å². The Balaban J connectivity index is 0.000000222. The number of benzene rings is 4. The van der Waals surface area contributed by atoms with Gasteiger partial charge in [0.2, 0.25) is 0 Å². The number of fused-ring (bicyclic) bond motifs is 2. The smallest absolute Gasteiger partial charge is 0.347 e. The van der Waals surface area contributed by atoms with Crippen molar-refractivity contribution in [2.75, 3.05) is 30.3 Å². The number of aromatic hydroxyl groups is 1. The van der Waals surface area contributed by atoms with Crippen molar-refractivity contribution < 1.29 is 14.6 Å². The number of phenolic OH excluding ortho intramolecular Hbond substituents is 1. The molecule has 1 aliphatic rings. The van der Waals surface area contributed by atoms with Crippen LogP contribution in [0.15, 0.2) is 107 Å². The van der Waals surface area contributed by atoms with Crippen molar-refractivity contribution >= 4 is 47.2 Å². The molecule has 40 heavy (non-hydrogen) atoms. The summed E-state index contributed by atoms with van der Waals surface area (Å²) in [7, 11) is 0. The lowest BCUT2D eigenvalue weighted by molar-refractivity contribution is 0.0731. The highest BCUT2D eigenvalue weighted by molar-refractivity contribution is 7.99. The number of nitrogens with zero attached hydrogens (tertiary/aromatic N) is 2. The van der Waals surface area contributed by atoms with Gasteiger partial charge in [-0.2, -0.15) is 0 Å². The zero-order valence-corrected chi connectivity index (χ0v) is 24.6. The number of rotatable bonds is 7. The number of para-hydroxylation sites is 3. The minimum Gasteiger partial charge on any atom is -0.507 e. The molecule has 0 saturated heterocycles. The fraction of sp³-hybridized carbons (Fsp3) is 0.219. The number of anilines is 3. The van der Waals surface area contributed by atoms with Crippen molar-refractivity contribution in [2.45, 2.75) is 36.6 Å². The summed E-state index contributed by atoms with van der Waals surface area (Å²) in [6, 6.07) is 30.9. The Labute approximate surface area is 247 Å². The minimum absolute atomic E-state index is 0. The first-order valence-corrected chi connectivity index (χ1v) is 14.0. The van der Waals surface area contributed by atoms with Gasteiger partial charge < -0.3 is 20.5 Å². The first-order chi connectivity index (χ1) is 18.9. The molecular formula is C32H36ClN3O3S. The normalized spacial score (nSPS) is 12.2. The molecule has 0 radical (unpaired) electrons. The molecule has 1 aliphatic heterocycles. The summed E-state index contributed by atoms with van der Waals surface area (Å²) >= 11 is 1.88. The van der Waals surface area contributed by atoms with Gasteiger partial charge >= 0.3 is 5.97 Å². The lowest BCUT2D eigenvalue weighted by Crippen LogP contribution is -2.41. The number of esters is 1. The second-order valence-electron chi connectivity index (χ2n) is 9.20. The van der Waals surface area contributed by atoms with Crippen LogP contribution in [0.4, 0.5) is 17.1 Å². The Bertz CT molecular complexity index is 1350. The SMILES string of the molecule is CCN(CC)C(C)CN1c2ccccc2Sc2ccccc21.Cl.Nc1ccc(C(=O)Oc2ccccc2)c(O)c1. The van der Waals surface area contributed by atoms with Crippen LogP contribution in [0.3, 0.4) is 0 Å². The standard InChI is InChI=1S/C19H24N2S.C13H11NO3.ClH/c1-4-20(5-2)15(3)14-21-16-10-6-8-12-18(16)22-19-13-9-7-11-17(19)21;14-9-6-7-11(12(15)8-9)13(16)17-10-4-2-1-3-5-10;/h6-13,15H,4-5,14H2,1-3H3;1-8,15H,14H2;1H. The number of hydrogen-bond donors (Lipinski definition) is 2. The number of nitrogen functional groups attached to an aromatic ring is 1. The maximum atomic E-state index is 11.7. The Hall–Kier alpha value is -3.65. The predicted octanol–water partition coefficient (Wildman–Crippen LogP) is 7.64. The van der Waals surface area contributed by atoms with Gasteiger partial charge in [-0.15, -0.1) is 12.4 Å². The van der Waals surface area contributed by atoms with E-state index in [4.69, 9.17) is 10.5 Å². The van der Waals surface area contributed by atoms with E-state index in [1.807, 2.05) is 17.8 Å². The third kappa shape index (κ3) is 7.50. The van der Waals surface area contributed by atoms with E-state index in [9.17, 15) is 9.90 Å². The summed E-state index contributed by atoms with van der Waals surface area (Å²) in [5.41, 5.74) is 8.62. The molecule has 0 bridgehead atoms. The zero-order chi connectivity index (χ0) is 27.8. The number of halogens is 1. The van der Waals surface area contributed by atoms with Gasteiger partial charge in [0.1, 0.15) is 17.1 Å². The van der Waals surface area contributed by atoms with Crippen molar-refractivity contribution in [3.8, 4) is 11.5 Å². The van der Waals surface area contributed by atoms with Gasteiger partial charge in [-0.25, -0.2) is 4.79 Å². The van der Waals surface area contributed by atoms with Crippen molar-refractivity contribution in [3.05, 3.63) is 103 Å². The first-order valence-electron chi connectivity index (χ1n) is 13.1. The molecule has 0 amide bonds. The molecule has 4 aromatic carbocycles. The molecule has 1 atom stereocenters. The average molecular weight is 578 g/mol. The number of carbonyl (C=O) groups is 1. The summed E-state index contributed by atoms with van der Waals surface area (Å²) in [6.07, 6.45) is 0. The van der Waals surface area contributed by atoms with Gasteiger partial charge in [-0.1, -0.05) is 68.1 Å². The van der Waals surface area contributed by atoms with Crippen LogP contribution in [0.1, 0.15) is 31.1 Å². The van der Waals surface area contributed by atoms with Crippen molar-refractivity contribution in [3.63, 3.8) is 0 Å². The van der Waals surface area contributed by atoms with Crippen LogP contribution in [0.2, 0.25) is 0 Å². The van der Waals surface area contributed by atoms with Crippen molar-refractivity contribution in [1.29, 1.82) is 0 Å². The fourth-order valence-corrected chi connectivity index (χ4v) is 5.67. The van der Waals surface area contributed by atoms with Gasteiger partial charge in [0, 0.05) is 34.1 Å². The van der Waals surface area contributed by atoms with E-state index in [0.717, 1.165) is 19.6 Å². The molecule has 3 N–H and O–H groups in total. The molecule has 1 heterocycles. The van der Waals surface area contributed by atoms with Crippen LogP contribution in [0, 0.1) is 0 Å². The molecule has 0 aromatic heterocycles. The summed E-state index contributed by atoms with van der Waals surface area (Å²) < 4.78 is 5.08. The predicted molar refractivity (Wildman–Crippen MR) is 168 cm³/mol. The number of hydrogen-bond acceptors (Lipinski definition) is 7. The zero-order valence-electron chi connectivity index (χ0n) is 23.0.